The van der Waals surface area contributed by atoms with Crippen molar-refractivity contribution in [3.05, 3.63) is 0 Å². The fourth-order valence-corrected chi connectivity index (χ4v) is 1.27. The van der Waals surface area contributed by atoms with Crippen molar-refractivity contribution in [2.75, 3.05) is 28.2 Å². The summed E-state index contributed by atoms with van der Waals surface area (Å²) in [6.07, 6.45) is 0. The normalized spacial score (nSPS) is 22.2. The third-order valence-corrected chi connectivity index (χ3v) is 1.89. The van der Waals surface area contributed by atoms with Crippen LogP contribution in [0, 0.1) is 0 Å². The number of hydrogen-bond acceptors (Lipinski definition) is 3. The molecule has 16 heavy (non-hydrogen) atoms. The minimum Gasteiger partial charge on any atom is -0.255 e. The van der Waals surface area contributed by atoms with Gasteiger partial charge in [0.2, 0.25) is 0 Å². The average molecular weight is 227 g/mol. The van der Waals surface area contributed by atoms with Crippen molar-refractivity contribution in [2.24, 2.45) is 9.98 Å². The van der Waals surface area contributed by atoms with Gasteiger partial charge in [0.05, 0.1) is 19.6 Å². The summed E-state index contributed by atoms with van der Waals surface area (Å²) in [6.45, 7) is 6.15. The second kappa shape index (κ2) is 4.03. The van der Waals surface area contributed by atoms with Crippen LogP contribution in [0.25, 0.3) is 0 Å². The summed E-state index contributed by atoms with van der Waals surface area (Å²) < 4.78 is 0.465. The molecule has 0 aromatic heterocycles. The largest absolute Gasteiger partial charge is 0.345 e. The summed E-state index contributed by atoms with van der Waals surface area (Å²) in [6, 6.07) is 0. The van der Waals surface area contributed by atoms with Crippen molar-refractivity contribution >= 4 is 11.9 Å². The first-order valence-corrected chi connectivity index (χ1v) is 5.35. The van der Waals surface area contributed by atoms with Crippen LogP contribution in [0.3, 0.4) is 0 Å². The van der Waals surface area contributed by atoms with Crippen LogP contribution in [0.15, 0.2) is 9.98 Å². The lowest BCUT2D eigenvalue weighted by Crippen LogP contribution is -2.59. The van der Waals surface area contributed by atoms with E-state index in [0.717, 1.165) is 5.96 Å². The Morgan fingerprint density at radius 1 is 1.31 bits per heavy atom. The maximum atomic E-state index is 4.51. The van der Waals surface area contributed by atoms with Gasteiger partial charge in [-0.15, -0.1) is 4.99 Å². The fraction of sp³-hybridized carbons (Fsp3) is 0.800. The van der Waals surface area contributed by atoms with E-state index < -0.39 is 0 Å². The van der Waals surface area contributed by atoms with Crippen molar-refractivity contribution in [3.63, 3.8) is 0 Å². The molecule has 0 atom stereocenters. The van der Waals surface area contributed by atoms with Crippen LogP contribution >= 0.6 is 0 Å². The molecule has 92 valence electrons. The quantitative estimate of drug-likeness (QED) is 0.495. The summed E-state index contributed by atoms with van der Waals surface area (Å²) in [5.74, 6) is 1.50. The zero-order valence-corrected chi connectivity index (χ0v) is 11.3. The van der Waals surface area contributed by atoms with E-state index in [1.54, 1.807) is 0 Å². The number of nitrogens with one attached hydrogen (secondary N) is 2. The van der Waals surface area contributed by atoms with Gasteiger partial charge in [-0.1, -0.05) is 0 Å². The van der Waals surface area contributed by atoms with Gasteiger partial charge in [-0.2, -0.15) is 10.0 Å². The first kappa shape index (κ1) is 12.9. The highest BCUT2D eigenvalue weighted by Crippen LogP contribution is 2.10. The van der Waals surface area contributed by atoms with E-state index in [2.05, 4.69) is 41.6 Å². The fourth-order valence-electron chi connectivity index (χ4n) is 1.27. The van der Waals surface area contributed by atoms with Gasteiger partial charge in [-0.05, 0) is 20.8 Å². The zero-order valence-electron chi connectivity index (χ0n) is 11.3. The van der Waals surface area contributed by atoms with Crippen molar-refractivity contribution in [2.45, 2.75) is 26.3 Å². The molecule has 0 unspecified atom stereocenters. The van der Waals surface area contributed by atoms with Gasteiger partial charge < -0.3 is 0 Å². The van der Waals surface area contributed by atoms with Gasteiger partial charge in [-0.3, -0.25) is 5.43 Å². The molecule has 2 N–H and O–H groups in total. The lowest BCUT2D eigenvalue weighted by Gasteiger charge is -2.25. The van der Waals surface area contributed by atoms with Crippen molar-refractivity contribution in [1.29, 1.82) is 0 Å². The summed E-state index contributed by atoms with van der Waals surface area (Å²) in [4.78, 5) is 8.95. The predicted molar refractivity (Wildman–Crippen MR) is 66.7 cm³/mol. The highest BCUT2D eigenvalue weighted by molar-refractivity contribution is 5.95. The topological polar surface area (TPSA) is 52.0 Å². The molecule has 0 amide bonds. The van der Waals surface area contributed by atoms with Gasteiger partial charge in [-0.25, -0.2) is 10.0 Å². The summed E-state index contributed by atoms with van der Waals surface area (Å²) >= 11 is 0. The molecule has 1 rings (SSSR count). The Morgan fingerprint density at radius 2 is 1.88 bits per heavy atom. The molecule has 0 radical (unpaired) electrons. The monoisotopic (exact) mass is 227 g/mol. The Kier molecular flexibility index (Phi) is 3.25. The second-order valence-corrected chi connectivity index (χ2v) is 5.61. The molecule has 6 heteroatoms. The van der Waals surface area contributed by atoms with Crippen LogP contribution < -0.4 is 10.9 Å². The molecule has 0 bridgehead atoms. The first-order valence-electron chi connectivity index (χ1n) is 5.35. The molecule has 1 aliphatic heterocycles. The van der Waals surface area contributed by atoms with Crippen LogP contribution in [0.2, 0.25) is 0 Å². The van der Waals surface area contributed by atoms with E-state index >= 15 is 0 Å². The van der Waals surface area contributed by atoms with Gasteiger partial charge in [0.1, 0.15) is 0 Å². The lowest BCUT2D eigenvalue weighted by molar-refractivity contribution is -0.834. The van der Waals surface area contributed by atoms with E-state index in [-0.39, 0.29) is 5.54 Å². The number of rotatable bonds is 1. The molecule has 0 saturated heterocycles. The average Bonchev–Trinajstić information content (AvgIpc) is 2.20. The number of nitrogens with zero attached hydrogens (tertiary/aromatic N) is 4. The molecular formula is C10H23N6+. The number of hydrazine groups is 1. The van der Waals surface area contributed by atoms with Crippen LogP contribution in [-0.4, -0.2) is 55.2 Å². The summed E-state index contributed by atoms with van der Waals surface area (Å²) in [7, 11) is 7.89. The third kappa shape index (κ3) is 3.46. The third-order valence-electron chi connectivity index (χ3n) is 1.89. The second-order valence-electron chi connectivity index (χ2n) is 5.61. The molecular weight excluding hydrogens is 204 g/mol. The van der Waals surface area contributed by atoms with Gasteiger partial charge in [0, 0.05) is 14.1 Å². The van der Waals surface area contributed by atoms with E-state index in [0.29, 0.717) is 10.6 Å². The van der Waals surface area contributed by atoms with Gasteiger partial charge >= 0.3 is 5.96 Å². The zero-order chi connectivity index (χ0) is 12.6. The predicted octanol–water partition coefficient (Wildman–Crippen LogP) is 0.158. The van der Waals surface area contributed by atoms with E-state index in [1.165, 1.54) is 0 Å². The van der Waals surface area contributed by atoms with Crippen molar-refractivity contribution in [3.8, 4) is 0 Å². The molecule has 0 saturated carbocycles. The Balaban J connectivity index is 2.90. The van der Waals surface area contributed by atoms with Gasteiger partial charge in [0.15, 0.2) is 0 Å². The van der Waals surface area contributed by atoms with Crippen LogP contribution in [-0.2, 0) is 0 Å². The van der Waals surface area contributed by atoms with Crippen LogP contribution in [0.4, 0.5) is 0 Å². The van der Waals surface area contributed by atoms with Gasteiger partial charge in [0.25, 0.3) is 5.96 Å². The van der Waals surface area contributed by atoms with E-state index in [9.17, 15) is 0 Å². The molecule has 0 spiro atoms. The molecule has 0 aromatic carbocycles. The maximum Gasteiger partial charge on any atom is 0.345 e. The Morgan fingerprint density at radius 3 is 2.31 bits per heavy atom. The Labute approximate surface area is 97.6 Å². The molecule has 0 aliphatic carbocycles. The molecule has 0 fully saturated rings. The minimum atomic E-state index is -0.126. The SMILES string of the molecule is CN(C)NC1=NC(=NC(C)(C)C)N[N+]1(C)C. The lowest BCUT2D eigenvalue weighted by atomic mass is 10.1. The van der Waals surface area contributed by atoms with E-state index in [4.69, 9.17) is 0 Å². The van der Waals surface area contributed by atoms with Crippen molar-refractivity contribution < 1.29 is 4.59 Å². The Bertz CT molecular complexity index is 321. The van der Waals surface area contributed by atoms with Crippen LogP contribution in [0.5, 0.6) is 0 Å². The van der Waals surface area contributed by atoms with Crippen molar-refractivity contribution in [1.82, 2.24) is 15.9 Å². The van der Waals surface area contributed by atoms with E-state index in [1.807, 2.05) is 33.2 Å². The smallest absolute Gasteiger partial charge is 0.255 e. The highest BCUT2D eigenvalue weighted by atomic mass is 15.8. The summed E-state index contributed by atoms with van der Waals surface area (Å²) in [5, 5.41) is 1.86. The number of aliphatic imine (C=N–C) groups is 2. The number of hydrogen-bond donors (Lipinski definition) is 2. The summed E-state index contributed by atoms with van der Waals surface area (Å²) in [5.41, 5.74) is 6.27. The minimum absolute atomic E-state index is 0.126. The molecule has 0 aromatic rings. The molecule has 1 aliphatic rings. The number of guanidine groups is 2. The maximum absolute atomic E-state index is 4.51. The number of quaternary nitrogens is 1. The van der Waals surface area contributed by atoms with Crippen LogP contribution in [0.1, 0.15) is 20.8 Å². The molecule has 1 heterocycles. The first-order chi connectivity index (χ1) is 7.10. The Hall–Kier alpha value is -1.14. The standard InChI is InChI=1S/C10H23N6/c1-10(2,3)12-8-11-9(13-15(4)5)16(6,7)14-8/h1-7H3,(H2,11,12,13,14)/q+1. The highest BCUT2D eigenvalue weighted by Gasteiger charge is 2.34. The molecule has 6 nitrogen and oxygen atoms in total.